The third-order valence-electron chi connectivity index (χ3n) is 8.69. The van der Waals surface area contributed by atoms with Crippen molar-refractivity contribution in [1.29, 1.82) is 0 Å². The summed E-state index contributed by atoms with van der Waals surface area (Å²) in [5.41, 5.74) is 8.79. The molecule has 0 N–H and O–H groups in total. The van der Waals surface area contributed by atoms with E-state index in [0.29, 0.717) is 0 Å². The van der Waals surface area contributed by atoms with Gasteiger partial charge in [-0.05, 0) is 0 Å². The molecule has 0 nitrogen and oxygen atoms in total. The Morgan fingerprint density at radius 3 is 2.14 bits per heavy atom. The van der Waals surface area contributed by atoms with Crippen molar-refractivity contribution in [2.24, 2.45) is 0 Å². The van der Waals surface area contributed by atoms with E-state index in [9.17, 15) is 0 Å². The molecule has 0 saturated heterocycles. The maximum atomic E-state index is 2.76. The van der Waals surface area contributed by atoms with Crippen molar-refractivity contribution in [3.63, 3.8) is 0 Å². The van der Waals surface area contributed by atoms with E-state index in [1.807, 2.05) is 8.60 Å². The Balaban J connectivity index is 0.00000171. The van der Waals surface area contributed by atoms with E-state index < -0.39 is 23.2 Å². The topological polar surface area (TPSA) is 0 Å². The van der Waals surface area contributed by atoms with Gasteiger partial charge < -0.3 is 24.8 Å². The Morgan fingerprint density at radius 2 is 1.51 bits per heavy atom. The van der Waals surface area contributed by atoms with Gasteiger partial charge >= 0.3 is 217 Å². The van der Waals surface area contributed by atoms with Crippen LogP contribution in [0.2, 0.25) is 0 Å². The van der Waals surface area contributed by atoms with Crippen LogP contribution in [0.15, 0.2) is 50.1 Å². The molecule has 0 radical (unpaired) electrons. The molecule has 0 bridgehead atoms. The fourth-order valence-corrected chi connectivity index (χ4v) is 16.6. The van der Waals surface area contributed by atoms with Crippen LogP contribution in [0.4, 0.5) is 0 Å². The van der Waals surface area contributed by atoms with E-state index in [1.54, 1.807) is 22.3 Å². The molecule has 190 valence electrons. The second kappa shape index (κ2) is 14.5. The Labute approximate surface area is 240 Å². The molecule has 0 spiro atoms. The van der Waals surface area contributed by atoms with Gasteiger partial charge in [-0.3, -0.25) is 0 Å². The average Bonchev–Trinajstić information content (AvgIpc) is 3.39. The molecular weight excluding hydrogens is 565 g/mol. The van der Waals surface area contributed by atoms with Gasteiger partial charge in [0.1, 0.15) is 0 Å². The van der Waals surface area contributed by atoms with Gasteiger partial charge in [-0.15, -0.1) is 0 Å². The van der Waals surface area contributed by atoms with Crippen LogP contribution in [-0.2, 0) is 23.2 Å². The van der Waals surface area contributed by atoms with Crippen molar-refractivity contribution in [2.45, 2.75) is 119 Å². The summed E-state index contributed by atoms with van der Waals surface area (Å²) in [4.78, 5) is 0. The van der Waals surface area contributed by atoms with Crippen LogP contribution in [-0.4, -0.2) is 11.3 Å². The monoisotopic (exact) mass is 606 g/mol. The number of halogens is 2. The Bertz CT molecular complexity index is 904. The number of allylic oxidation sites excluding steroid dienone is 5. The summed E-state index contributed by atoms with van der Waals surface area (Å²) in [5.74, 6) is 0. The van der Waals surface area contributed by atoms with Crippen molar-refractivity contribution in [3.8, 4) is 0 Å². The zero-order chi connectivity index (χ0) is 22.6. The van der Waals surface area contributed by atoms with Crippen molar-refractivity contribution >= 4 is 14.0 Å². The van der Waals surface area contributed by atoms with Gasteiger partial charge in [-0.2, -0.15) is 0 Å². The minimum atomic E-state index is -0.701. The molecule has 4 aliphatic rings. The molecule has 5 rings (SSSR count). The molecule has 1 atom stereocenters. The minimum absolute atomic E-state index is 0. The Kier molecular flexibility index (Phi) is 12.4. The summed E-state index contributed by atoms with van der Waals surface area (Å²) in [5, 5.41) is 1.99. The number of fused-ring (bicyclic) bond motifs is 1. The van der Waals surface area contributed by atoms with Crippen LogP contribution < -0.4 is 24.8 Å². The van der Waals surface area contributed by atoms with Crippen LogP contribution in [0.3, 0.4) is 0 Å². The largest absolute Gasteiger partial charge is 1.00 e. The summed E-state index contributed by atoms with van der Waals surface area (Å²) in [7, 11) is 0.0237. The zero-order valence-electron chi connectivity index (χ0n) is 21.8. The summed E-state index contributed by atoms with van der Waals surface area (Å²) in [6, 6.07) is 9.57. The van der Waals surface area contributed by atoms with Crippen LogP contribution >= 0.6 is 7.92 Å². The third-order valence-corrected chi connectivity index (χ3v) is 17.2. The predicted molar refractivity (Wildman–Crippen MR) is 143 cm³/mol. The first-order valence-corrected chi connectivity index (χ1v) is 18.1. The maximum Gasteiger partial charge on any atom is -1.00 e. The second-order valence-electron chi connectivity index (χ2n) is 10.9. The van der Waals surface area contributed by atoms with E-state index in [4.69, 9.17) is 0 Å². The fourth-order valence-electron chi connectivity index (χ4n) is 6.88. The van der Waals surface area contributed by atoms with Gasteiger partial charge in [0.2, 0.25) is 0 Å². The van der Waals surface area contributed by atoms with E-state index in [-0.39, 0.29) is 32.7 Å². The van der Waals surface area contributed by atoms with E-state index in [1.165, 1.54) is 89.9 Å². The zero-order valence-corrected chi connectivity index (χ0v) is 26.7. The summed E-state index contributed by atoms with van der Waals surface area (Å²) >= 11 is -0.701. The molecule has 2 fully saturated rings. The third kappa shape index (κ3) is 6.86. The van der Waals surface area contributed by atoms with Gasteiger partial charge in [0, 0.05) is 0 Å². The molecule has 1 aromatic carbocycles. The molecule has 0 aliphatic heterocycles. The predicted octanol–water partition coefficient (Wildman–Crippen LogP) is 4.11. The van der Waals surface area contributed by atoms with Crippen LogP contribution in [0.5, 0.6) is 0 Å². The quantitative estimate of drug-likeness (QED) is 0.390. The number of hydrogen-bond donors (Lipinski definition) is 0. The van der Waals surface area contributed by atoms with Crippen molar-refractivity contribution < 1.29 is 48.0 Å². The van der Waals surface area contributed by atoms with Gasteiger partial charge in [0.25, 0.3) is 0 Å². The van der Waals surface area contributed by atoms with Crippen LogP contribution in [0.1, 0.15) is 118 Å². The molecule has 0 heterocycles. The van der Waals surface area contributed by atoms with Crippen molar-refractivity contribution in [1.82, 2.24) is 0 Å². The van der Waals surface area contributed by atoms with Gasteiger partial charge in [-0.25, -0.2) is 0 Å². The summed E-state index contributed by atoms with van der Waals surface area (Å²) in [6.45, 7) is 4.75. The second-order valence-corrected chi connectivity index (χ2v) is 17.3. The first kappa shape index (κ1) is 29.9. The molecule has 1 unspecified atom stereocenters. The van der Waals surface area contributed by atoms with Gasteiger partial charge in [0.05, 0.1) is 0 Å². The molecule has 4 heteroatoms. The normalized spacial score (nSPS) is 22.8. The number of benzene rings is 1. The summed E-state index contributed by atoms with van der Waals surface area (Å²) < 4.78 is 2.77. The van der Waals surface area contributed by atoms with E-state index >= 15 is 0 Å². The first-order valence-electron chi connectivity index (χ1n) is 14.0. The molecule has 0 amide bonds. The Hall–Kier alpha value is 0.333. The molecule has 1 aromatic rings. The van der Waals surface area contributed by atoms with Gasteiger partial charge in [-0.1, -0.05) is 0 Å². The average molecular weight is 609 g/mol. The molecular formula is C31H43Cl2PZr. The minimum Gasteiger partial charge on any atom is -1.00 e. The molecule has 2 saturated carbocycles. The van der Waals surface area contributed by atoms with Gasteiger partial charge in [0.15, 0.2) is 0 Å². The smallest absolute Gasteiger partial charge is 1.00 e. The maximum absolute atomic E-state index is 2.76. The van der Waals surface area contributed by atoms with E-state index in [2.05, 4.69) is 50.3 Å². The number of unbranched alkanes of at least 4 members (excludes halogenated alkanes) is 1. The molecule has 35 heavy (non-hydrogen) atoms. The Morgan fingerprint density at radius 1 is 0.886 bits per heavy atom. The first-order chi connectivity index (χ1) is 16.3. The van der Waals surface area contributed by atoms with Crippen molar-refractivity contribution in [3.05, 3.63) is 61.2 Å². The fraction of sp³-hybridized carbons (Fsp3) is 0.613. The SMILES string of the molecule is CCCCC1=[C]([Zr+2][CH]2C(P(C3CCCCC3)C3CCCCC3)=Cc3ccccc32)CC=C1C.[Cl-].[Cl-]. The number of rotatable bonds is 8. The van der Waals surface area contributed by atoms with Crippen molar-refractivity contribution in [2.75, 3.05) is 0 Å². The van der Waals surface area contributed by atoms with E-state index in [0.717, 1.165) is 14.9 Å². The summed E-state index contributed by atoms with van der Waals surface area (Å²) in [6.07, 6.45) is 25.7. The molecule has 4 aliphatic carbocycles. The molecule has 0 aromatic heterocycles. The van der Waals surface area contributed by atoms with Crippen LogP contribution in [0.25, 0.3) is 6.08 Å². The standard InChI is InChI=1S/C21H28P.C10H15.2ClH.Zr/c1-3-11-19(12-4-1)22(20-13-5-2-6-14-20)21-15-17-9-7-8-10-18(17)16-21;1-3-4-7-10-8-5-6-9(10)2;;;/h7-10,15-16,19-20H,1-6,11-14H2;6H,3-5,7H2,1-2H3;2*1H;/q;;;;+2/p-2. The van der Waals surface area contributed by atoms with Crippen LogP contribution in [0, 0.1) is 0 Å². The number of hydrogen-bond acceptors (Lipinski definition) is 0.